The van der Waals surface area contributed by atoms with Gasteiger partial charge >= 0.3 is 11.4 Å². The molecule has 9 rings (SSSR count). The van der Waals surface area contributed by atoms with Crippen molar-refractivity contribution >= 4 is 9.84 Å². The first kappa shape index (κ1) is 14.8. The number of benzene rings is 1. The van der Waals surface area contributed by atoms with Crippen molar-refractivity contribution in [2.24, 2.45) is 34.5 Å². The number of para-hydroxylation sites is 1. The highest BCUT2D eigenvalue weighted by atomic mass is 32.2. The first-order valence-electron chi connectivity index (χ1n) is 10.2. The van der Waals surface area contributed by atoms with Gasteiger partial charge in [-0.05, 0) is 48.6 Å². The Balaban J connectivity index is 1.42. The Kier molecular flexibility index (Phi) is 2.03. The van der Waals surface area contributed by atoms with Crippen molar-refractivity contribution in [3.63, 3.8) is 0 Å². The summed E-state index contributed by atoms with van der Waals surface area (Å²) in [7, 11) is -3.03. The van der Waals surface area contributed by atoms with Crippen LogP contribution in [-0.4, -0.2) is 33.9 Å². The molecule has 0 radical (unpaired) electrons. The van der Waals surface area contributed by atoms with Gasteiger partial charge in [0.1, 0.15) is 9.84 Å². The summed E-state index contributed by atoms with van der Waals surface area (Å²) >= 11 is 0. The number of nitrogens with zero attached hydrogens (tertiary/aromatic N) is 3. The molecule has 5 fully saturated rings. The summed E-state index contributed by atoms with van der Waals surface area (Å²) in [5, 5.41) is 0. The average Bonchev–Trinajstić information content (AvgIpc) is 3.45. The van der Waals surface area contributed by atoms with Crippen LogP contribution in [-0.2, 0) is 9.84 Å². The summed E-state index contributed by atoms with van der Waals surface area (Å²) in [4.78, 5) is 26.9. The Morgan fingerprint density at radius 2 is 1.36 bits per heavy atom. The minimum Gasteiger partial charge on any atom is -0.245 e. The molecule has 0 amide bonds. The van der Waals surface area contributed by atoms with Crippen LogP contribution in [0.3, 0.4) is 0 Å². The molecule has 4 saturated carbocycles. The lowest BCUT2D eigenvalue weighted by molar-refractivity contribution is -0.00192. The highest BCUT2D eigenvalue weighted by Crippen LogP contribution is 3.04. The molecule has 1 aromatic heterocycles. The van der Waals surface area contributed by atoms with Crippen LogP contribution in [0.2, 0.25) is 0 Å². The molecule has 8 heteroatoms. The van der Waals surface area contributed by atoms with E-state index < -0.39 is 9.84 Å². The predicted molar refractivity (Wildman–Crippen MR) is 99.1 cm³/mol. The zero-order valence-corrected chi connectivity index (χ0v) is 15.9. The fourth-order valence-corrected chi connectivity index (χ4v) is 10.5. The van der Waals surface area contributed by atoms with Gasteiger partial charge in [0.25, 0.3) is 0 Å². The SMILES string of the molecule is O=c1n(-c2ccccc2)c(=O)n2n1[C@H]1[C@H]3C4C5[C@@]16CCS(=O)(=O)CC[C@]56[C@H]2[C@@H]43. The van der Waals surface area contributed by atoms with Gasteiger partial charge in [-0.2, -0.15) is 0 Å². The maximum absolute atomic E-state index is 13.4. The Bertz CT molecular complexity index is 1260. The quantitative estimate of drug-likeness (QED) is 0.706. The summed E-state index contributed by atoms with van der Waals surface area (Å²) in [5.74, 6) is 2.54. The maximum atomic E-state index is 13.4. The van der Waals surface area contributed by atoms with Crippen molar-refractivity contribution in [1.82, 2.24) is 13.9 Å². The van der Waals surface area contributed by atoms with Crippen LogP contribution in [0.4, 0.5) is 0 Å². The number of hydrogen-bond acceptors (Lipinski definition) is 4. The van der Waals surface area contributed by atoms with Gasteiger partial charge in [0.2, 0.25) is 0 Å². The second-order valence-electron chi connectivity index (χ2n) is 9.76. The van der Waals surface area contributed by atoms with Crippen molar-refractivity contribution in [3.8, 4) is 5.69 Å². The molecule has 2 spiro atoms. The van der Waals surface area contributed by atoms with Crippen molar-refractivity contribution < 1.29 is 8.42 Å². The minimum atomic E-state index is -3.03. The van der Waals surface area contributed by atoms with Gasteiger partial charge in [0.15, 0.2) is 0 Å². The molecule has 7 aliphatic rings. The zero-order chi connectivity index (χ0) is 18.8. The summed E-state index contributed by atoms with van der Waals surface area (Å²) < 4.78 is 29.6. The van der Waals surface area contributed by atoms with E-state index >= 15 is 0 Å². The molecule has 144 valence electrons. The van der Waals surface area contributed by atoms with Crippen molar-refractivity contribution in [3.05, 3.63) is 51.3 Å². The van der Waals surface area contributed by atoms with Crippen molar-refractivity contribution in [2.75, 3.05) is 11.5 Å². The first-order valence-corrected chi connectivity index (χ1v) is 12.0. The second kappa shape index (κ2) is 3.84. The molecular formula is C20H19N3O4S. The summed E-state index contributed by atoms with van der Waals surface area (Å²) in [6.07, 6.45) is 1.33. The molecule has 2 bridgehead atoms. The lowest BCUT2D eigenvalue weighted by atomic mass is 9.69. The van der Waals surface area contributed by atoms with Crippen LogP contribution in [0.15, 0.2) is 39.9 Å². The lowest BCUT2D eigenvalue weighted by Crippen LogP contribution is -2.52. The molecule has 4 aliphatic carbocycles. The smallest absolute Gasteiger partial charge is 0.245 e. The van der Waals surface area contributed by atoms with Crippen LogP contribution < -0.4 is 11.4 Å². The average molecular weight is 397 g/mol. The minimum absolute atomic E-state index is 0.0102. The Hall–Kier alpha value is -2.09. The van der Waals surface area contributed by atoms with E-state index in [0.717, 1.165) is 0 Å². The van der Waals surface area contributed by atoms with Gasteiger partial charge < -0.3 is 0 Å². The standard InChI is InChI=1S/C20H19N3O4S/c24-17-21(10-4-2-1-3-5-10)18(25)23-16-13-11-12(13)15(22(17)23)19-6-8-28(26,27)9-7-20(16,19)14(11)19/h1-5,11-16H,6-9H2/t11?,12-,13-,14?,15-,16+,19-,20+/m0/s1. The van der Waals surface area contributed by atoms with E-state index in [1.165, 1.54) is 4.57 Å². The first-order chi connectivity index (χ1) is 13.5. The van der Waals surface area contributed by atoms with Crippen LogP contribution in [0, 0.1) is 34.5 Å². The van der Waals surface area contributed by atoms with Crippen molar-refractivity contribution in [1.29, 1.82) is 0 Å². The van der Waals surface area contributed by atoms with Gasteiger partial charge in [-0.25, -0.2) is 31.9 Å². The van der Waals surface area contributed by atoms with Gasteiger partial charge in [0.05, 0.1) is 29.3 Å². The molecule has 2 unspecified atom stereocenters. The fourth-order valence-electron chi connectivity index (χ4n) is 9.01. The third-order valence-corrected chi connectivity index (χ3v) is 11.1. The lowest BCUT2D eigenvalue weighted by Gasteiger charge is -2.47. The Labute approximate surface area is 160 Å². The van der Waals surface area contributed by atoms with Crippen LogP contribution in [0.5, 0.6) is 0 Å². The van der Waals surface area contributed by atoms with Gasteiger partial charge in [-0.1, -0.05) is 18.2 Å². The highest BCUT2D eigenvalue weighted by molar-refractivity contribution is 7.91. The van der Waals surface area contributed by atoms with E-state index in [-0.39, 0.29) is 45.8 Å². The number of sulfone groups is 1. The third-order valence-electron chi connectivity index (χ3n) is 9.46. The molecule has 2 aromatic rings. The van der Waals surface area contributed by atoms with Crippen LogP contribution in [0.1, 0.15) is 24.9 Å². The fraction of sp³-hybridized carbons (Fsp3) is 0.600. The van der Waals surface area contributed by atoms with Gasteiger partial charge in [0, 0.05) is 10.8 Å². The molecule has 8 atom stereocenters. The molecule has 0 N–H and O–H groups in total. The normalized spacial score (nSPS) is 49.3. The van der Waals surface area contributed by atoms with E-state index in [0.29, 0.717) is 42.2 Å². The number of hydrogen-bond donors (Lipinski definition) is 0. The van der Waals surface area contributed by atoms with E-state index in [2.05, 4.69) is 0 Å². The van der Waals surface area contributed by atoms with E-state index in [1.54, 1.807) is 21.5 Å². The molecule has 3 aliphatic heterocycles. The molecule has 28 heavy (non-hydrogen) atoms. The molecule has 1 aromatic carbocycles. The largest absolute Gasteiger partial charge is 0.352 e. The molecular weight excluding hydrogens is 378 g/mol. The Morgan fingerprint density at radius 1 is 0.821 bits per heavy atom. The topological polar surface area (TPSA) is 83.1 Å². The van der Waals surface area contributed by atoms with Gasteiger partial charge in [-0.3, -0.25) is 0 Å². The van der Waals surface area contributed by atoms with Crippen LogP contribution in [0.25, 0.3) is 5.69 Å². The third kappa shape index (κ3) is 1.14. The second-order valence-corrected chi connectivity index (χ2v) is 12.1. The summed E-state index contributed by atoms with van der Waals surface area (Å²) in [5.41, 5.74) is -0.0239. The summed E-state index contributed by atoms with van der Waals surface area (Å²) in [6, 6.07) is 9.16. The van der Waals surface area contributed by atoms with E-state index in [4.69, 9.17) is 0 Å². The zero-order valence-electron chi connectivity index (χ0n) is 15.1. The maximum Gasteiger partial charge on any atom is 0.352 e. The molecule has 7 nitrogen and oxygen atoms in total. The van der Waals surface area contributed by atoms with Crippen molar-refractivity contribution in [2.45, 2.75) is 24.9 Å². The van der Waals surface area contributed by atoms with Crippen LogP contribution >= 0.6 is 0 Å². The number of aromatic nitrogens is 3. The Morgan fingerprint density at radius 3 is 1.89 bits per heavy atom. The summed E-state index contributed by atoms with van der Waals surface area (Å²) in [6.45, 7) is 0. The van der Waals surface area contributed by atoms with E-state index in [9.17, 15) is 18.0 Å². The molecule has 4 heterocycles. The monoisotopic (exact) mass is 397 g/mol. The van der Waals surface area contributed by atoms with Gasteiger partial charge in [-0.15, -0.1) is 0 Å². The van der Waals surface area contributed by atoms with E-state index in [1.807, 2.05) is 18.2 Å². The predicted octanol–water partition coefficient (Wildman–Crippen LogP) is 0.597. The number of rotatable bonds is 1. The highest BCUT2D eigenvalue weighted by Gasteiger charge is 3.02. The molecule has 1 saturated heterocycles.